The highest BCUT2D eigenvalue weighted by Crippen LogP contribution is 2.28. The van der Waals surface area contributed by atoms with Crippen LogP contribution in [0.2, 0.25) is 0 Å². The second-order valence-corrected chi connectivity index (χ2v) is 5.46. The Morgan fingerprint density at radius 1 is 1.53 bits per heavy atom. The first-order valence-corrected chi connectivity index (χ1v) is 6.80. The fourth-order valence-corrected chi connectivity index (χ4v) is 2.83. The van der Waals surface area contributed by atoms with Crippen molar-refractivity contribution < 1.29 is 14.7 Å². The van der Waals surface area contributed by atoms with Gasteiger partial charge in [-0.25, -0.2) is 4.79 Å². The smallest absolute Gasteiger partial charge is 0.328 e. The van der Waals surface area contributed by atoms with Crippen LogP contribution in [0.4, 0.5) is 5.69 Å². The van der Waals surface area contributed by atoms with Gasteiger partial charge in [0.25, 0.3) is 0 Å². The molecular weight excluding hydrogens is 312 g/mol. The van der Waals surface area contributed by atoms with E-state index in [0.717, 1.165) is 15.7 Å². The lowest BCUT2D eigenvalue weighted by Crippen LogP contribution is -2.45. The first-order chi connectivity index (χ1) is 8.97. The minimum Gasteiger partial charge on any atom is -0.480 e. The molecule has 2 N–H and O–H groups in total. The van der Waals surface area contributed by atoms with Crippen molar-refractivity contribution in [3.05, 3.63) is 28.2 Å². The van der Waals surface area contributed by atoms with Gasteiger partial charge in [-0.05, 0) is 40.5 Å². The molecule has 6 heteroatoms. The van der Waals surface area contributed by atoms with Crippen molar-refractivity contribution in [1.29, 1.82) is 0 Å². The zero-order chi connectivity index (χ0) is 14.0. The zero-order valence-corrected chi connectivity index (χ0v) is 12.1. The Hall–Kier alpha value is -1.56. The molecule has 1 fully saturated rings. The maximum absolute atomic E-state index is 11.5. The molecule has 102 valence electrons. The monoisotopic (exact) mass is 326 g/mol. The van der Waals surface area contributed by atoms with Crippen LogP contribution in [0.25, 0.3) is 0 Å². The highest BCUT2D eigenvalue weighted by atomic mass is 79.9. The molecule has 2 rings (SSSR count). The topological polar surface area (TPSA) is 69.6 Å². The predicted molar refractivity (Wildman–Crippen MR) is 75.3 cm³/mol. The van der Waals surface area contributed by atoms with Crippen molar-refractivity contribution in [3.63, 3.8) is 0 Å². The number of benzene rings is 1. The van der Waals surface area contributed by atoms with Gasteiger partial charge in [0.05, 0.1) is 5.69 Å². The van der Waals surface area contributed by atoms with Crippen LogP contribution in [0.5, 0.6) is 0 Å². The normalized spacial score (nSPS) is 19.8. The molecule has 19 heavy (non-hydrogen) atoms. The van der Waals surface area contributed by atoms with E-state index in [0.29, 0.717) is 13.0 Å². The van der Waals surface area contributed by atoms with Gasteiger partial charge in [0, 0.05) is 24.0 Å². The third-order valence-corrected chi connectivity index (χ3v) is 3.72. The summed E-state index contributed by atoms with van der Waals surface area (Å²) in [4.78, 5) is 24.5. The van der Waals surface area contributed by atoms with Gasteiger partial charge in [0.15, 0.2) is 0 Å². The molecule has 0 spiro atoms. The number of nitrogens with zero attached hydrogens (tertiary/aromatic N) is 1. The summed E-state index contributed by atoms with van der Waals surface area (Å²) in [7, 11) is 0. The summed E-state index contributed by atoms with van der Waals surface area (Å²) in [5.41, 5.74) is 2.03. The predicted octanol–water partition coefficient (Wildman–Crippen LogP) is 1.54. The quantitative estimate of drug-likeness (QED) is 0.864. The molecule has 1 aliphatic heterocycles. The molecule has 1 atom stereocenters. The van der Waals surface area contributed by atoms with Crippen molar-refractivity contribution in [2.24, 2.45) is 0 Å². The lowest BCUT2D eigenvalue weighted by molar-refractivity contribution is -0.141. The molecule has 1 unspecified atom stereocenters. The third kappa shape index (κ3) is 3.26. The Balaban J connectivity index is 2.27. The maximum Gasteiger partial charge on any atom is 0.328 e. The van der Waals surface area contributed by atoms with Crippen molar-refractivity contribution in [1.82, 2.24) is 5.32 Å². The number of carbonyl (C=O) groups is 2. The van der Waals surface area contributed by atoms with E-state index >= 15 is 0 Å². The van der Waals surface area contributed by atoms with Crippen molar-refractivity contribution in [3.8, 4) is 0 Å². The number of carboxylic acid groups (broad SMARTS) is 1. The van der Waals surface area contributed by atoms with Crippen LogP contribution in [0.3, 0.4) is 0 Å². The first-order valence-electron chi connectivity index (χ1n) is 6.00. The number of aryl methyl sites for hydroxylation is 1. The number of rotatable bonds is 2. The second kappa shape index (κ2) is 5.61. The van der Waals surface area contributed by atoms with Gasteiger partial charge in [-0.1, -0.05) is 6.07 Å². The molecule has 1 heterocycles. The molecule has 1 saturated heterocycles. The van der Waals surface area contributed by atoms with E-state index in [9.17, 15) is 9.59 Å². The molecule has 0 aliphatic carbocycles. The Morgan fingerprint density at radius 3 is 2.89 bits per heavy atom. The van der Waals surface area contributed by atoms with E-state index in [4.69, 9.17) is 5.11 Å². The third-order valence-electron chi connectivity index (χ3n) is 3.09. The van der Waals surface area contributed by atoms with Gasteiger partial charge < -0.3 is 15.3 Å². The summed E-state index contributed by atoms with van der Waals surface area (Å²) < 4.78 is 0.908. The van der Waals surface area contributed by atoms with E-state index in [-0.39, 0.29) is 12.5 Å². The van der Waals surface area contributed by atoms with Gasteiger partial charge in [0.1, 0.15) is 6.04 Å². The first kappa shape index (κ1) is 13.9. The fraction of sp³-hybridized carbons (Fsp3) is 0.385. The number of hydrogen-bond acceptors (Lipinski definition) is 3. The molecule has 1 amide bonds. The van der Waals surface area contributed by atoms with Crippen molar-refractivity contribution in [2.75, 3.05) is 18.0 Å². The van der Waals surface area contributed by atoms with Crippen LogP contribution < -0.4 is 10.2 Å². The molecule has 0 bridgehead atoms. The Morgan fingerprint density at radius 2 is 2.26 bits per heavy atom. The molecule has 5 nitrogen and oxygen atoms in total. The number of carboxylic acids is 1. The van der Waals surface area contributed by atoms with Gasteiger partial charge in [-0.15, -0.1) is 0 Å². The summed E-state index contributed by atoms with van der Waals surface area (Å²) in [6.07, 6.45) is 0.296. The number of carbonyl (C=O) groups excluding carboxylic acids is 1. The number of aliphatic carboxylic acids is 1. The molecule has 1 aromatic rings. The van der Waals surface area contributed by atoms with Crippen LogP contribution >= 0.6 is 15.9 Å². The number of nitrogens with one attached hydrogen (secondary N) is 1. The molecule has 1 aliphatic rings. The molecule has 0 aromatic heterocycles. The highest BCUT2D eigenvalue weighted by Gasteiger charge is 2.27. The van der Waals surface area contributed by atoms with Crippen LogP contribution in [0.1, 0.15) is 12.0 Å². The Kier molecular flexibility index (Phi) is 4.09. The summed E-state index contributed by atoms with van der Waals surface area (Å²) >= 11 is 3.49. The lowest BCUT2D eigenvalue weighted by Gasteiger charge is -2.25. The second-order valence-electron chi connectivity index (χ2n) is 4.61. The molecule has 1 aromatic carbocycles. The van der Waals surface area contributed by atoms with Gasteiger partial charge in [0.2, 0.25) is 5.91 Å². The number of halogens is 1. The minimum absolute atomic E-state index is 0.224. The largest absolute Gasteiger partial charge is 0.480 e. The van der Waals surface area contributed by atoms with E-state index in [1.807, 2.05) is 30.0 Å². The number of anilines is 1. The van der Waals surface area contributed by atoms with Crippen LogP contribution in [-0.2, 0) is 9.59 Å². The fourth-order valence-electron chi connectivity index (χ4n) is 2.09. The van der Waals surface area contributed by atoms with E-state index in [1.54, 1.807) is 0 Å². The van der Waals surface area contributed by atoms with E-state index in [1.165, 1.54) is 0 Å². The van der Waals surface area contributed by atoms with Gasteiger partial charge in [-0.2, -0.15) is 0 Å². The summed E-state index contributed by atoms with van der Waals surface area (Å²) in [5, 5.41) is 11.6. The van der Waals surface area contributed by atoms with Crippen LogP contribution in [-0.4, -0.2) is 36.1 Å². The average Bonchev–Trinajstić information content (AvgIpc) is 2.51. The summed E-state index contributed by atoms with van der Waals surface area (Å²) in [6.45, 7) is 2.77. The van der Waals surface area contributed by atoms with Crippen LogP contribution in [0.15, 0.2) is 22.7 Å². The van der Waals surface area contributed by atoms with Gasteiger partial charge in [-0.3, -0.25) is 4.79 Å². The van der Waals surface area contributed by atoms with Crippen LogP contribution in [0, 0.1) is 6.92 Å². The lowest BCUT2D eigenvalue weighted by atomic mass is 10.2. The standard InChI is InChI=1S/C13H15BrN2O3/c1-8-2-3-11(9(14)6-8)16-5-4-12(17)15-10(7-16)13(18)19/h2-3,6,10H,4-5,7H2,1H3,(H,15,17)(H,18,19). The average molecular weight is 327 g/mol. The van der Waals surface area contributed by atoms with Crippen molar-refractivity contribution >= 4 is 33.5 Å². The summed E-state index contributed by atoms with van der Waals surface area (Å²) in [6, 6.07) is 5.01. The Bertz CT molecular complexity index is 519. The minimum atomic E-state index is -1.01. The Labute approximate surface area is 119 Å². The van der Waals surface area contributed by atoms with Gasteiger partial charge >= 0.3 is 5.97 Å². The molecule has 0 saturated carbocycles. The SMILES string of the molecule is Cc1ccc(N2CCC(=O)NC(C(=O)O)C2)c(Br)c1. The molecule has 0 radical (unpaired) electrons. The summed E-state index contributed by atoms with van der Waals surface area (Å²) in [5.74, 6) is -1.23. The highest BCUT2D eigenvalue weighted by molar-refractivity contribution is 9.10. The maximum atomic E-state index is 11.5. The van der Waals surface area contributed by atoms with Crippen molar-refractivity contribution in [2.45, 2.75) is 19.4 Å². The van der Waals surface area contributed by atoms with E-state index in [2.05, 4.69) is 21.2 Å². The number of hydrogen-bond donors (Lipinski definition) is 2. The van der Waals surface area contributed by atoms with E-state index < -0.39 is 12.0 Å². The number of amides is 1. The zero-order valence-electron chi connectivity index (χ0n) is 10.5. The molecular formula is C13H15BrN2O3.